The molecule has 0 saturated carbocycles. The third kappa shape index (κ3) is 2.97. The van der Waals surface area contributed by atoms with Crippen molar-refractivity contribution in [1.82, 2.24) is 0 Å². The second-order valence-corrected chi connectivity index (χ2v) is 4.43. The Morgan fingerprint density at radius 3 is 2.65 bits per heavy atom. The van der Waals surface area contributed by atoms with Crippen LogP contribution in [-0.4, -0.2) is 19.7 Å². The van der Waals surface area contributed by atoms with Crippen molar-refractivity contribution in [1.29, 1.82) is 0 Å². The smallest absolute Gasteiger partial charge is 0.348 e. The van der Waals surface area contributed by atoms with Crippen LogP contribution in [-0.2, 0) is 15.2 Å². The topological polar surface area (TPSA) is 35.5 Å². The molecule has 1 aromatic rings. The van der Waals surface area contributed by atoms with Gasteiger partial charge in [0.2, 0.25) is 5.67 Å². The lowest BCUT2D eigenvalue weighted by atomic mass is 9.98. The van der Waals surface area contributed by atoms with Gasteiger partial charge in [-0.1, -0.05) is 6.07 Å². The average molecular weight is 305 g/mol. The summed E-state index contributed by atoms with van der Waals surface area (Å²) < 4.78 is 24.6. The molecule has 0 fully saturated rings. The van der Waals surface area contributed by atoms with Crippen molar-refractivity contribution in [2.75, 3.05) is 13.7 Å². The lowest BCUT2D eigenvalue weighted by molar-refractivity contribution is -0.156. The van der Waals surface area contributed by atoms with Crippen molar-refractivity contribution in [3.8, 4) is 5.75 Å². The minimum absolute atomic E-state index is 0.148. The Morgan fingerprint density at radius 2 is 2.18 bits per heavy atom. The molecular weight excluding hydrogens is 291 g/mol. The molecule has 1 aromatic carbocycles. The van der Waals surface area contributed by atoms with Crippen molar-refractivity contribution in [3.05, 3.63) is 28.2 Å². The van der Waals surface area contributed by atoms with Crippen LogP contribution in [0.3, 0.4) is 0 Å². The number of hydrogen-bond acceptors (Lipinski definition) is 3. The summed E-state index contributed by atoms with van der Waals surface area (Å²) in [6.45, 7) is 2.97. The molecule has 0 aliphatic heterocycles. The maximum absolute atomic E-state index is 14.3. The van der Waals surface area contributed by atoms with Crippen molar-refractivity contribution in [2.45, 2.75) is 19.5 Å². The summed E-state index contributed by atoms with van der Waals surface area (Å²) in [5.74, 6) is -0.314. The van der Waals surface area contributed by atoms with E-state index in [1.165, 1.54) is 26.2 Å². The Balaban J connectivity index is 3.07. The van der Waals surface area contributed by atoms with E-state index in [0.717, 1.165) is 0 Å². The number of benzene rings is 1. The van der Waals surface area contributed by atoms with E-state index in [1.54, 1.807) is 13.0 Å². The van der Waals surface area contributed by atoms with Gasteiger partial charge in [-0.3, -0.25) is 0 Å². The molecule has 1 rings (SSSR count). The minimum Gasteiger partial charge on any atom is -0.496 e. The summed E-state index contributed by atoms with van der Waals surface area (Å²) in [7, 11) is 1.51. The Morgan fingerprint density at radius 1 is 1.53 bits per heavy atom. The van der Waals surface area contributed by atoms with E-state index in [-0.39, 0.29) is 12.2 Å². The molecule has 1 unspecified atom stereocenters. The number of halogens is 2. The number of alkyl halides is 1. The molecule has 5 heteroatoms. The molecule has 0 saturated heterocycles. The molecule has 0 spiro atoms. The number of ether oxygens (including phenoxy) is 2. The van der Waals surface area contributed by atoms with Crippen molar-refractivity contribution >= 4 is 21.9 Å². The zero-order valence-electron chi connectivity index (χ0n) is 9.92. The summed E-state index contributed by atoms with van der Waals surface area (Å²) in [5.41, 5.74) is -1.94. The van der Waals surface area contributed by atoms with Crippen LogP contribution < -0.4 is 4.74 Å². The Bertz CT molecular complexity index is 418. The van der Waals surface area contributed by atoms with Gasteiger partial charge in [-0.15, -0.1) is 0 Å². The SMILES string of the molecule is CCOC(=O)C(C)(F)c1ccc(OC)c(Br)c1. The summed E-state index contributed by atoms with van der Waals surface area (Å²) in [6, 6.07) is 4.60. The van der Waals surface area contributed by atoms with Crippen LogP contribution in [0.4, 0.5) is 4.39 Å². The largest absolute Gasteiger partial charge is 0.496 e. The van der Waals surface area contributed by atoms with E-state index in [9.17, 15) is 9.18 Å². The molecule has 0 N–H and O–H groups in total. The summed E-state index contributed by atoms with van der Waals surface area (Å²) in [6.07, 6.45) is 0. The van der Waals surface area contributed by atoms with E-state index < -0.39 is 11.6 Å². The van der Waals surface area contributed by atoms with Gasteiger partial charge in [-0.2, -0.15) is 0 Å². The van der Waals surface area contributed by atoms with Gasteiger partial charge in [0.15, 0.2) is 0 Å². The molecule has 1 atom stereocenters. The molecule has 0 aromatic heterocycles. The highest BCUT2D eigenvalue weighted by Gasteiger charge is 2.37. The van der Waals surface area contributed by atoms with E-state index in [2.05, 4.69) is 15.9 Å². The van der Waals surface area contributed by atoms with E-state index in [1.807, 2.05) is 0 Å². The molecule has 0 heterocycles. The quantitative estimate of drug-likeness (QED) is 0.801. The fraction of sp³-hybridized carbons (Fsp3) is 0.417. The third-order valence-corrected chi connectivity index (χ3v) is 2.97. The molecular formula is C12H14BrFO3. The highest BCUT2D eigenvalue weighted by molar-refractivity contribution is 9.10. The molecule has 17 heavy (non-hydrogen) atoms. The highest BCUT2D eigenvalue weighted by Crippen LogP contribution is 2.33. The highest BCUT2D eigenvalue weighted by atomic mass is 79.9. The lowest BCUT2D eigenvalue weighted by Gasteiger charge is -2.19. The number of carbonyl (C=O) groups is 1. The minimum atomic E-state index is -2.16. The van der Waals surface area contributed by atoms with Gasteiger partial charge in [-0.05, 0) is 41.9 Å². The number of hydrogen-bond donors (Lipinski definition) is 0. The summed E-state index contributed by atoms with van der Waals surface area (Å²) in [5, 5.41) is 0. The van der Waals surface area contributed by atoms with Gasteiger partial charge >= 0.3 is 5.97 Å². The van der Waals surface area contributed by atoms with E-state index in [0.29, 0.717) is 10.2 Å². The maximum Gasteiger partial charge on any atom is 0.348 e. The molecule has 0 aliphatic rings. The number of rotatable bonds is 4. The van der Waals surface area contributed by atoms with Gasteiger partial charge in [0, 0.05) is 5.56 Å². The van der Waals surface area contributed by atoms with Crippen LogP contribution in [0, 0.1) is 0 Å². The number of carbonyl (C=O) groups excluding carboxylic acids is 1. The van der Waals surface area contributed by atoms with Crippen LogP contribution in [0.2, 0.25) is 0 Å². The van der Waals surface area contributed by atoms with E-state index >= 15 is 0 Å². The van der Waals surface area contributed by atoms with E-state index in [4.69, 9.17) is 9.47 Å². The Kier molecular flexibility index (Phi) is 4.51. The Labute approximate surface area is 108 Å². The van der Waals surface area contributed by atoms with Crippen LogP contribution in [0.25, 0.3) is 0 Å². The Hall–Kier alpha value is -1.10. The molecule has 0 amide bonds. The van der Waals surface area contributed by atoms with Gasteiger partial charge < -0.3 is 9.47 Å². The fourth-order valence-corrected chi connectivity index (χ4v) is 1.88. The first kappa shape index (κ1) is 14.0. The molecule has 0 radical (unpaired) electrons. The first-order chi connectivity index (χ1) is 7.93. The second-order valence-electron chi connectivity index (χ2n) is 3.57. The summed E-state index contributed by atoms with van der Waals surface area (Å²) in [4.78, 5) is 11.5. The van der Waals surface area contributed by atoms with Gasteiger partial charge in [0.1, 0.15) is 5.75 Å². The van der Waals surface area contributed by atoms with Crippen molar-refractivity contribution in [2.24, 2.45) is 0 Å². The predicted octanol–water partition coefficient (Wildman–Crippen LogP) is 3.21. The predicted molar refractivity (Wildman–Crippen MR) is 65.8 cm³/mol. The first-order valence-corrected chi connectivity index (χ1v) is 5.93. The second kappa shape index (κ2) is 5.49. The summed E-state index contributed by atoms with van der Waals surface area (Å²) >= 11 is 3.24. The van der Waals surface area contributed by atoms with Gasteiger partial charge in [0.05, 0.1) is 18.2 Å². The van der Waals surface area contributed by atoms with Crippen LogP contribution in [0.5, 0.6) is 5.75 Å². The fourth-order valence-electron chi connectivity index (χ4n) is 1.34. The van der Waals surface area contributed by atoms with Crippen molar-refractivity contribution in [3.63, 3.8) is 0 Å². The number of esters is 1. The number of methoxy groups -OCH3 is 1. The zero-order chi connectivity index (χ0) is 13.1. The molecule has 94 valence electrons. The van der Waals surface area contributed by atoms with Crippen LogP contribution >= 0.6 is 15.9 Å². The molecule has 3 nitrogen and oxygen atoms in total. The standard InChI is InChI=1S/C12H14BrFO3/c1-4-17-11(15)12(2,14)8-5-6-10(16-3)9(13)7-8/h5-7H,4H2,1-3H3. The monoisotopic (exact) mass is 304 g/mol. The molecule has 0 bridgehead atoms. The van der Waals surface area contributed by atoms with Crippen molar-refractivity contribution < 1.29 is 18.7 Å². The normalized spacial score (nSPS) is 13.9. The average Bonchev–Trinajstić information content (AvgIpc) is 2.29. The first-order valence-electron chi connectivity index (χ1n) is 5.13. The zero-order valence-corrected chi connectivity index (χ0v) is 11.5. The third-order valence-electron chi connectivity index (χ3n) is 2.35. The van der Waals surface area contributed by atoms with Crippen LogP contribution in [0.1, 0.15) is 19.4 Å². The molecule has 0 aliphatic carbocycles. The van der Waals surface area contributed by atoms with Gasteiger partial charge in [-0.25, -0.2) is 9.18 Å². The van der Waals surface area contributed by atoms with Crippen LogP contribution in [0.15, 0.2) is 22.7 Å². The van der Waals surface area contributed by atoms with Gasteiger partial charge in [0.25, 0.3) is 0 Å². The maximum atomic E-state index is 14.3. The lowest BCUT2D eigenvalue weighted by Crippen LogP contribution is -2.29.